The maximum absolute atomic E-state index is 2.38. The van der Waals surface area contributed by atoms with E-state index in [9.17, 15) is 0 Å². The number of hydrogen-bond donors (Lipinski definition) is 0. The summed E-state index contributed by atoms with van der Waals surface area (Å²) in [6, 6.07) is 87.8. The van der Waals surface area contributed by atoms with Crippen LogP contribution in [0, 0.1) is 0 Å². The van der Waals surface area contributed by atoms with Gasteiger partial charge in [0.15, 0.2) is 0 Å². The molecule has 282 valence electrons. The van der Waals surface area contributed by atoms with Gasteiger partial charge in [0, 0.05) is 33.5 Å². The SMILES string of the molecule is c1ccc(-c2ccc(-c3cccc(N(c4ccc(-c5ccc(-c6ccccc6)c6ccccc56)cc4)c4ccc(-n5c6ccccc6c6ccccc65)cc4)c3)cc2)cc1. The van der Waals surface area contributed by atoms with E-state index in [1.807, 2.05) is 0 Å². The largest absolute Gasteiger partial charge is 0.310 e. The molecular formula is C58H40N2. The van der Waals surface area contributed by atoms with Crippen molar-refractivity contribution in [1.29, 1.82) is 0 Å². The van der Waals surface area contributed by atoms with Crippen LogP contribution in [0.3, 0.4) is 0 Å². The summed E-state index contributed by atoms with van der Waals surface area (Å²) in [5.41, 5.74) is 16.5. The average molecular weight is 765 g/mol. The van der Waals surface area contributed by atoms with Crippen molar-refractivity contribution in [3.63, 3.8) is 0 Å². The Labute approximate surface area is 350 Å². The van der Waals surface area contributed by atoms with Crippen LogP contribution in [0.25, 0.3) is 82.8 Å². The van der Waals surface area contributed by atoms with Gasteiger partial charge in [0.1, 0.15) is 0 Å². The van der Waals surface area contributed by atoms with E-state index in [2.05, 4.69) is 252 Å². The Hall–Kier alpha value is -7.94. The molecule has 1 heterocycles. The monoisotopic (exact) mass is 764 g/mol. The van der Waals surface area contributed by atoms with Crippen molar-refractivity contribution in [2.45, 2.75) is 0 Å². The Kier molecular flexibility index (Phi) is 8.87. The van der Waals surface area contributed by atoms with Gasteiger partial charge in [0.05, 0.1) is 11.0 Å². The van der Waals surface area contributed by atoms with E-state index in [4.69, 9.17) is 0 Å². The minimum Gasteiger partial charge on any atom is -0.310 e. The van der Waals surface area contributed by atoms with Crippen molar-refractivity contribution >= 4 is 49.6 Å². The Morgan fingerprint density at radius 1 is 0.250 bits per heavy atom. The summed E-state index contributed by atoms with van der Waals surface area (Å²) in [6.07, 6.45) is 0. The van der Waals surface area contributed by atoms with Gasteiger partial charge in [0.2, 0.25) is 0 Å². The van der Waals surface area contributed by atoms with E-state index >= 15 is 0 Å². The quantitative estimate of drug-likeness (QED) is 0.150. The highest BCUT2D eigenvalue weighted by atomic mass is 15.1. The van der Waals surface area contributed by atoms with Crippen LogP contribution in [0.15, 0.2) is 243 Å². The summed E-state index contributed by atoms with van der Waals surface area (Å²) in [5.74, 6) is 0. The van der Waals surface area contributed by atoms with Crippen molar-refractivity contribution in [3.8, 4) is 50.2 Å². The van der Waals surface area contributed by atoms with Crippen molar-refractivity contribution in [2.24, 2.45) is 0 Å². The Morgan fingerprint density at radius 2 is 0.650 bits per heavy atom. The second-order valence-corrected chi connectivity index (χ2v) is 15.3. The number of nitrogens with zero attached hydrogens (tertiary/aromatic N) is 2. The summed E-state index contributed by atoms with van der Waals surface area (Å²) in [5, 5.41) is 5.02. The fourth-order valence-corrected chi connectivity index (χ4v) is 8.92. The second-order valence-electron chi connectivity index (χ2n) is 15.3. The lowest BCUT2D eigenvalue weighted by molar-refractivity contribution is 1.17. The maximum atomic E-state index is 2.38. The third-order valence-corrected chi connectivity index (χ3v) is 11.8. The summed E-state index contributed by atoms with van der Waals surface area (Å²) < 4.78 is 2.38. The van der Waals surface area contributed by atoms with Gasteiger partial charge in [-0.15, -0.1) is 0 Å². The molecule has 0 aliphatic heterocycles. The van der Waals surface area contributed by atoms with Crippen LogP contribution in [0.4, 0.5) is 17.1 Å². The zero-order valence-electron chi connectivity index (χ0n) is 33.0. The van der Waals surface area contributed by atoms with Crippen LogP contribution in [-0.4, -0.2) is 4.57 Å². The molecule has 11 rings (SSSR count). The summed E-state index contributed by atoms with van der Waals surface area (Å²) in [7, 11) is 0. The van der Waals surface area contributed by atoms with Crippen molar-refractivity contribution in [3.05, 3.63) is 243 Å². The van der Waals surface area contributed by atoms with Gasteiger partial charge in [-0.05, 0) is 116 Å². The average Bonchev–Trinajstić information content (AvgIpc) is 3.67. The highest BCUT2D eigenvalue weighted by molar-refractivity contribution is 6.09. The molecular weight excluding hydrogens is 725 g/mol. The Balaban J connectivity index is 1.00. The Bertz CT molecular complexity index is 3220. The molecule has 0 saturated carbocycles. The highest BCUT2D eigenvalue weighted by Crippen LogP contribution is 2.41. The lowest BCUT2D eigenvalue weighted by atomic mass is 9.92. The number of fused-ring (bicyclic) bond motifs is 4. The van der Waals surface area contributed by atoms with Crippen molar-refractivity contribution < 1.29 is 0 Å². The van der Waals surface area contributed by atoms with Crippen LogP contribution in [-0.2, 0) is 0 Å². The maximum Gasteiger partial charge on any atom is 0.0541 e. The van der Waals surface area contributed by atoms with Crippen LogP contribution in [0.5, 0.6) is 0 Å². The van der Waals surface area contributed by atoms with E-state index in [-0.39, 0.29) is 0 Å². The van der Waals surface area contributed by atoms with Crippen molar-refractivity contribution in [1.82, 2.24) is 4.57 Å². The molecule has 0 spiro atoms. The van der Waals surface area contributed by atoms with Gasteiger partial charge in [-0.25, -0.2) is 0 Å². The summed E-state index contributed by atoms with van der Waals surface area (Å²) in [6.45, 7) is 0. The zero-order valence-corrected chi connectivity index (χ0v) is 33.0. The van der Waals surface area contributed by atoms with E-state index in [0.717, 1.165) is 22.7 Å². The number of rotatable bonds is 8. The molecule has 11 aromatic rings. The van der Waals surface area contributed by atoms with Crippen molar-refractivity contribution in [2.75, 3.05) is 4.90 Å². The molecule has 2 heteroatoms. The first-order valence-electron chi connectivity index (χ1n) is 20.6. The second kappa shape index (κ2) is 15.1. The predicted molar refractivity (Wildman–Crippen MR) is 255 cm³/mol. The van der Waals surface area contributed by atoms with Gasteiger partial charge >= 0.3 is 0 Å². The van der Waals surface area contributed by atoms with Gasteiger partial charge in [-0.3, -0.25) is 0 Å². The number of hydrogen-bond acceptors (Lipinski definition) is 1. The highest BCUT2D eigenvalue weighted by Gasteiger charge is 2.17. The van der Waals surface area contributed by atoms with Gasteiger partial charge < -0.3 is 9.47 Å². The van der Waals surface area contributed by atoms with E-state index in [1.54, 1.807) is 0 Å². The number of anilines is 3. The van der Waals surface area contributed by atoms with Gasteiger partial charge in [-0.1, -0.05) is 182 Å². The molecule has 10 aromatic carbocycles. The molecule has 0 radical (unpaired) electrons. The molecule has 0 atom stereocenters. The smallest absolute Gasteiger partial charge is 0.0541 e. The number of aromatic nitrogens is 1. The lowest BCUT2D eigenvalue weighted by Crippen LogP contribution is -2.10. The predicted octanol–water partition coefficient (Wildman–Crippen LogP) is 16.1. The van der Waals surface area contributed by atoms with Gasteiger partial charge in [-0.2, -0.15) is 0 Å². The summed E-state index contributed by atoms with van der Waals surface area (Å²) >= 11 is 0. The minimum absolute atomic E-state index is 1.08. The number of benzene rings is 10. The fourth-order valence-electron chi connectivity index (χ4n) is 8.92. The first kappa shape index (κ1) is 35.2. The van der Waals surface area contributed by atoms with Crippen LogP contribution < -0.4 is 4.90 Å². The topological polar surface area (TPSA) is 8.17 Å². The fraction of sp³-hybridized carbons (Fsp3) is 0. The number of para-hydroxylation sites is 2. The molecule has 60 heavy (non-hydrogen) atoms. The zero-order chi connectivity index (χ0) is 39.8. The molecule has 0 saturated heterocycles. The molecule has 0 fully saturated rings. The normalized spacial score (nSPS) is 11.3. The molecule has 0 amide bonds. The van der Waals surface area contributed by atoms with E-state index in [1.165, 1.54) is 77.1 Å². The standard InChI is InChI=1S/C58H40N2/c1-3-14-41(15-4-1)42-26-28-43(29-27-42)46-18-13-19-50(40-46)59(48-34-36-49(37-35-48)60-57-24-11-9-22-55(57)56-23-10-12-25-58(56)60)47-32-30-45(31-33-47)52-39-38-51(44-16-5-2-6-17-44)53-20-7-8-21-54(52)53/h1-40H. The van der Waals surface area contributed by atoms with E-state index in [0.29, 0.717) is 0 Å². The molecule has 0 N–H and O–H groups in total. The van der Waals surface area contributed by atoms with Crippen LogP contribution in [0.1, 0.15) is 0 Å². The first-order chi connectivity index (χ1) is 29.8. The van der Waals surface area contributed by atoms with Gasteiger partial charge in [0.25, 0.3) is 0 Å². The lowest BCUT2D eigenvalue weighted by Gasteiger charge is -2.26. The molecule has 0 aliphatic carbocycles. The summed E-state index contributed by atoms with van der Waals surface area (Å²) in [4.78, 5) is 2.37. The Morgan fingerprint density at radius 3 is 1.22 bits per heavy atom. The molecule has 0 unspecified atom stereocenters. The molecule has 0 aliphatic rings. The third-order valence-electron chi connectivity index (χ3n) is 11.8. The minimum atomic E-state index is 1.08. The molecule has 1 aromatic heterocycles. The molecule has 0 bridgehead atoms. The molecule has 2 nitrogen and oxygen atoms in total. The van der Waals surface area contributed by atoms with Crippen LogP contribution in [0.2, 0.25) is 0 Å². The first-order valence-corrected chi connectivity index (χ1v) is 20.6. The van der Waals surface area contributed by atoms with Crippen LogP contribution >= 0.6 is 0 Å². The third kappa shape index (κ3) is 6.32. The van der Waals surface area contributed by atoms with E-state index < -0.39 is 0 Å².